The molecule has 0 atom stereocenters. The second-order valence-electron chi connectivity index (χ2n) is 4.44. The molecule has 5 heteroatoms. The van der Waals surface area contributed by atoms with Crippen LogP contribution in [-0.4, -0.2) is 22.7 Å². The molecule has 4 nitrogen and oxygen atoms in total. The minimum atomic E-state index is -0.771. The lowest BCUT2D eigenvalue weighted by Gasteiger charge is -2.19. The van der Waals surface area contributed by atoms with Crippen molar-refractivity contribution in [3.8, 4) is 0 Å². The molecule has 1 amide bonds. The summed E-state index contributed by atoms with van der Waals surface area (Å²) in [6, 6.07) is 5.57. The summed E-state index contributed by atoms with van der Waals surface area (Å²) in [5, 5.41) is 12.0. The van der Waals surface area contributed by atoms with E-state index in [0.29, 0.717) is 18.6 Å². The molecule has 0 aromatic heterocycles. The first kappa shape index (κ1) is 10.7. The molecule has 1 aromatic carbocycles. The molecule has 1 saturated carbocycles. The van der Waals surface area contributed by atoms with Gasteiger partial charge in [0.05, 0.1) is 16.9 Å². The van der Waals surface area contributed by atoms with E-state index in [9.17, 15) is 14.7 Å². The number of carbonyl (C=O) groups is 2. The van der Waals surface area contributed by atoms with Crippen molar-refractivity contribution in [2.45, 2.75) is 23.2 Å². The third kappa shape index (κ3) is 1.61. The smallest absolute Gasteiger partial charge is 0.314 e. The van der Waals surface area contributed by atoms with Crippen LogP contribution in [0.1, 0.15) is 18.4 Å². The maximum absolute atomic E-state index is 11.3. The Kier molecular flexibility index (Phi) is 2.19. The molecule has 0 radical (unpaired) electrons. The highest BCUT2D eigenvalue weighted by molar-refractivity contribution is 8.00. The topological polar surface area (TPSA) is 66.4 Å². The van der Waals surface area contributed by atoms with Crippen molar-refractivity contribution in [3.63, 3.8) is 0 Å². The predicted octanol–water partition coefficient (Wildman–Crippen LogP) is 1.85. The zero-order valence-corrected chi connectivity index (χ0v) is 9.84. The number of aliphatic carboxylic acids is 1. The van der Waals surface area contributed by atoms with E-state index in [2.05, 4.69) is 5.32 Å². The summed E-state index contributed by atoms with van der Waals surface area (Å²) in [5.41, 5.74) is 0.838. The van der Waals surface area contributed by atoms with Gasteiger partial charge in [0.1, 0.15) is 0 Å². The van der Waals surface area contributed by atoms with E-state index >= 15 is 0 Å². The Balaban J connectivity index is 2.01. The maximum atomic E-state index is 11.3. The first-order valence-electron chi connectivity index (χ1n) is 5.42. The molecule has 1 aliphatic heterocycles. The highest BCUT2D eigenvalue weighted by Crippen LogP contribution is 2.49. The van der Waals surface area contributed by atoms with Gasteiger partial charge < -0.3 is 10.4 Å². The van der Waals surface area contributed by atoms with E-state index in [4.69, 9.17) is 0 Å². The van der Waals surface area contributed by atoms with Gasteiger partial charge in [-0.1, -0.05) is 6.07 Å². The largest absolute Gasteiger partial charge is 0.481 e. The number of amides is 1. The van der Waals surface area contributed by atoms with E-state index < -0.39 is 11.4 Å². The summed E-state index contributed by atoms with van der Waals surface area (Å²) in [6.07, 6.45) is 1.37. The number of fused-ring (bicyclic) bond motifs is 1. The summed E-state index contributed by atoms with van der Waals surface area (Å²) in [4.78, 5) is 23.5. The molecular formula is C12H11NO3S. The Morgan fingerprint density at radius 1 is 1.41 bits per heavy atom. The number of benzene rings is 1. The van der Waals surface area contributed by atoms with Gasteiger partial charge in [-0.05, 0) is 30.5 Å². The van der Waals surface area contributed by atoms with Crippen molar-refractivity contribution in [2.24, 2.45) is 0 Å². The van der Waals surface area contributed by atoms with Crippen molar-refractivity contribution in [3.05, 3.63) is 23.8 Å². The van der Waals surface area contributed by atoms with Gasteiger partial charge >= 0.3 is 5.97 Å². The van der Waals surface area contributed by atoms with Crippen LogP contribution in [0.3, 0.4) is 0 Å². The molecule has 0 saturated heterocycles. The predicted molar refractivity (Wildman–Crippen MR) is 64.3 cm³/mol. The Labute approximate surface area is 102 Å². The zero-order chi connectivity index (χ0) is 12.0. The van der Waals surface area contributed by atoms with E-state index in [1.165, 1.54) is 11.8 Å². The van der Waals surface area contributed by atoms with Crippen LogP contribution in [0.25, 0.3) is 0 Å². The van der Waals surface area contributed by atoms with Crippen LogP contribution < -0.4 is 5.32 Å². The van der Waals surface area contributed by atoms with Gasteiger partial charge in [-0.3, -0.25) is 9.59 Å². The molecule has 0 spiro atoms. The molecule has 1 aromatic rings. The Morgan fingerprint density at radius 3 is 2.82 bits per heavy atom. The highest BCUT2D eigenvalue weighted by Gasteiger charge is 2.51. The number of anilines is 1. The number of nitrogens with one attached hydrogen (secondary N) is 1. The molecule has 88 valence electrons. The monoisotopic (exact) mass is 249 g/mol. The lowest BCUT2D eigenvalue weighted by Crippen LogP contribution is -2.22. The number of hydrogen-bond donors (Lipinski definition) is 2. The summed E-state index contributed by atoms with van der Waals surface area (Å²) >= 11 is 1.49. The second-order valence-corrected chi connectivity index (χ2v) is 5.45. The molecule has 3 rings (SSSR count). The first-order valence-corrected chi connectivity index (χ1v) is 6.41. The molecular weight excluding hydrogens is 238 g/mol. The Morgan fingerprint density at radius 2 is 2.18 bits per heavy atom. The third-order valence-corrected chi connectivity index (χ3v) is 4.40. The fraction of sp³-hybridized carbons (Fsp3) is 0.333. The van der Waals surface area contributed by atoms with Crippen molar-refractivity contribution in [1.82, 2.24) is 0 Å². The van der Waals surface area contributed by atoms with Crippen LogP contribution in [0.2, 0.25) is 0 Å². The van der Waals surface area contributed by atoms with Gasteiger partial charge in [0, 0.05) is 4.90 Å². The average molecular weight is 249 g/mol. The minimum absolute atomic E-state index is 0.0279. The standard InChI is InChI=1S/C12H11NO3S/c14-10-6-17-9-2-1-7(5-8(9)13-10)12(3-4-12)11(15)16/h1-2,5H,3-4,6H2,(H,13,14)(H,15,16). The normalized spacial score (nSPS) is 20.4. The maximum Gasteiger partial charge on any atom is 0.314 e. The number of carboxylic acid groups (broad SMARTS) is 1. The molecule has 1 fully saturated rings. The van der Waals surface area contributed by atoms with E-state index in [1.807, 2.05) is 12.1 Å². The van der Waals surface area contributed by atoms with Crippen LogP contribution in [0.4, 0.5) is 5.69 Å². The van der Waals surface area contributed by atoms with Gasteiger partial charge in [0.25, 0.3) is 0 Å². The average Bonchev–Trinajstić information content (AvgIpc) is 3.09. The lowest BCUT2D eigenvalue weighted by atomic mass is 9.96. The van der Waals surface area contributed by atoms with Gasteiger partial charge in [-0.25, -0.2) is 0 Å². The van der Waals surface area contributed by atoms with Crippen LogP contribution in [-0.2, 0) is 15.0 Å². The van der Waals surface area contributed by atoms with Gasteiger partial charge in [0.2, 0.25) is 5.91 Å². The van der Waals surface area contributed by atoms with Crippen LogP contribution in [0.15, 0.2) is 23.1 Å². The van der Waals surface area contributed by atoms with E-state index in [0.717, 1.165) is 16.1 Å². The third-order valence-electron chi connectivity index (χ3n) is 3.32. The van der Waals surface area contributed by atoms with Gasteiger partial charge in [-0.2, -0.15) is 0 Å². The van der Waals surface area contributed by atoms with Gasteiger partial charge in [-0.15, -0.1) is 11.8 Å². The number of rotatable bonds is 2. The molecule has 2 N–H and O–H groups in total. The number of carbonyl (C=O) groups excluding carboxylic acids is 1. The summed E-state index contributed by atoms with van der Waals surface area (Å²) in [7, 11) is 0. The highest BCUT2D eigenvalue weighted by atomic mass is 32.2. The van der Waals surface area contributed by atoms with E-state index in [1.54, 1.807) is 6.07 Å². The molecule has 0 unspecified atom stereocenters. The number of hydrogen-bond acceptors (Lipinski definition) is 3. The van der Waals surface area contributed by atoms with Crippen molar-refractivity contribution < 1.29 is 14.7 Å². The lowest BCUT2D eigenvalue weighted by molar-refractivity contribution is -0.140. The fourth-order valence-electron chi connectivity index (χ4n) is 2.13. The number of carboxylic acids is 1. The van der Waals surface area contributed by atoms with Crippen LogP contribution >= 0.6 is 11.8 Å². The van der Waals surface area contributed by atoms with Crippen molar-refractivity contribution in [2.75, 3.05) is 11.1 Å². The summed E-state index contributed by atoms with van der Waals surface area (Å²) in [5.74, 6) is -0.372. The summed E-state index contributed by atoms with van der Waals surface area (Å²) < 4.78 is 0. The van der Waals surface area contributed by atoms with Crippen molar-refractivity contribution in [1.29, 1.82) is 0 Å². The first-order chi connectivity index (χ1) is 8.12. The Bertz CT molecular complexity index is 522. The quantitative estimate of drug-likeness (QED) is 0.839. The van der Waals surface area contributed by atoms with E-state index in [-0.39, 0.29) is 5.91 Å². The van der Waals surface area contributed by atoms with Crippen molar-refractivity contribution >= 4 is 29.3 Å². The minimum Gasteiger partial charge on any atom is -0.481 e. The second kappa shape index (κ2) is 3.50. The fourth-order valence-corrected chi connectivity index (χ4v) is 2.92. The molecule has 0 bridgehead atoms. The van der Waals surface area contributed by atoms with Crippen LogP contribution in [0.5, 0.6) is 0 Å². The molecule has 2 aliphatic rings. The summed E-state index contributed by atoms with van der Waals surface area (Å²) in [6.45, 7) is 0. The molecule has 1 aliphatic carbocycles. The molecule has 17 heavy (non-hydrogen) atoms. The number of thioether (sulfide) groups is 1. The molecule has 1 heterocycles. The van der Waals surface area contributed by atoms with Gasteiger partial charge in [0.15, 0.2) is 0 Å². The zero-order valence-electron chi connectivity index (χ0n) is 9.03. The SMILES string of the molecule is O=C1CSc2ccc(C3(C(=O)O)CC3)cc2N1. The van der Waals surface area contributed by atoms with Crippen LogP contribution in [0, 0.1) is 0 Å². The Hall–Kier alpha value is -1.49.